The van der Waals surface area contributed by atoms with E-state index in [4.69, 9.17) is 23.2 Å². The third-order valence-electron chi connectivity index (χ3n) is 5.06. The number of carbonyl (C=O) groups is 1. The van der Waals surface area contributed by atoms with Crippen LogP contribution in [0, 0.1) is 0 Å². The van der Waals surface area contributed by atoms with Crippen LogP contribution < -0.4 is 10.3 Å². The number of nitrogens with one attached hydrogen (secondary N) is 1. The number of hydrogen-bond acceptors (Lipinski definition) is 4. The molecule has 158 valence electrons. The van der Waals surface area contributed by atoms with Crippen molar-refractivity contribution in [2.75, 3.05) is 11.6 Å². The second-order valence-corrected chi connectivity index (χ2v) is 7.92. The molecule has 1 unspecified atom stereocenters. The lowest BCUT2D eigenvalue weighted by Gasteiger charge is -2.21. The van der Waals surface area contributed by atoms with Crippen LogP contribution in [-0.2, 0) is 12.8 Å². The van der Waals surface area contributed by atoms with Crippen LogP contribution in [0.15, 0.2) is 65.9 Å². The lowest BCUT2D eigenvalue weighted by molar-refractivity contribution is 0.220. The predicted molar refractivity (Wildman–Crippen MR) is 123 cm³/mol. The van der Waals surface area contributed by atoms with Crippen molar-refractivity contribution in [3.63, 3.8) is 0 Å². The molecule has 0 fully saturated rings. The molecule has 0 bridgehead atoms. The first-order valence-corrected chi connectivity index (χ1v) is 10.5. The van der Waals surface area contributed by atoms with Crippen LogP contribution in [0.1, 0.15) is 28.4 Å². The monoisotopic (exact) mass is 454 g/mol. The van der Waals surface area contributed by atoms with Gasteiger partial charge in [0, 0.05) is 23.0 Å². The molecule has 2 amide bonds. The molecule has 1 atom stereocenters. The molecule has 0 radical (unpaired) electrons. The predicted octanol–water partition coefficient (Wildman–Crippen LogP) is 4.77. The Morgan fingerprint density at radius 1 is 1.03 bits per heavy atom. The zero-order valence-electron chi connectivity index (χ0n) is 16.5. The number of carbonyl (C=O) groups excluding carboxylic acids is 1. The summed E-state index contributed by atoms with van der Waals surface area (Å²) in [5.41, 5.74) is 4.22. The van der Waals surface area contributed by atoms with E-state index < -0.39 is 6.10 Å². The molecule has 1 aromatic heterocycles. The zero-order valence-corrected chi connectivity index (χ0v) is 18.0. The van der Waals surface area contributed by atoms with E-state index in [9.17, 15) is 9.90 Å². The average molecular weight is 455 g/mol. The lowest BCUT2D eigenvalue weighted by atomic mass is 9.99. The summed E-state index contributed by atoms with van der Waals surface area (Å²) < 4.78 is 0. The number of aliphatic hydroxyl groups is 1. The lowest BCUT2D eigenvalue weighted by Crippen LogP contribution is -2.41. The minimum Gasteiger partial charge on any atom is -0.384 e. The number of aryl methyl sites for hydroxylation is 2. The van der Waals surface area contributed by atoms with Gasteiger partial charge in [0.05, 0.1) is 12.2 Å². The van der Waals surface area contributed by atoms with Crippen molar-refractivity contribution in [2.45, 2.75) is 18.9 Å². The van der Waals surface area contributed by atoms with E-state index >= 15 is 0 Å². The van der Waals surface area contributed by atoms with Crippen molar-refractivity contribution in [3.8, 4) is 0 Å². The summed E-state index contributed by atoms with van der Waals surface area (Å²) in [7, 11) is 0. The Bertz CT molecular complexity index is 1100. The van der Waals surface area contributed by atoms with Gasteiger partial charge in [0.1, 0.15) is 11.3 Å². The smallest absolute Gasteiger partial charge is 0.342 e. The van der Waals surface area contributed by atoms with Gasteiger partial charge in [0.15, 0.2) is 0 Å². The molecule has 1 aliphatic heterocycles. The molecule has 0 saturated carbocycles. The number of nitrogens with zero attached hydrogens (tertiary/aromatic N) is 3. The molecular formula is C23H20Cl2N4O2. The number of benzene rings is 2. The number of anilines is 1. The van der Waals surface area contributed by atoms with Crippen molar-refractivity contribution in [2.24, 2.45) is 5.10 Å². The summed E-state index contributed by atoms with van der Waals surface area (Å²) in [6.07, 6.45) is 3.99. The number of aliphatic hydroxyl groups excluding tert-OH is 1. The Morgan fingerprint density at radius 2 is 1.81 bits per heavy atom. The molecule has 31 heavy (non-hydrogen) atoms. The molecule has 3 aromatic rings. The van der Waals surface area contributed by atoms with Gasteiger partial charge in [-0.3, -0.25) is 0 Å². The van der Waals surface area contributed by atoms with E-state index in [-0.39, 0.29) is 6.03 Å². The van der Waals surface area contributed by atoms with Crippen molar-refractivity contribution >= 4 is 41.1 Å². The second kappa shape index (κ2) is 9.47. The molecular weight excluding hydrogens is 435 g/mol. The maximum atomic E-state index is 11.9. The Hall–Kier alpha value is -2.93. The van der Waals surface area contributed by atoms with Gasteiger partial charge in [0.2, 0.25) is 0 Å². The molecule has 4 rings (SSSR count). The van der Waals surface area contributed by atoms with Crippen LogP contribution in [0.25, 0.3) is 0 Å². The van der Waals surface area contributed by atoms with E-state index in [1.54, 1.807) is 30.6 Å². The van der Waals surface area contributed by atoms with Crippen LogP contribution >= 0.6 is 23.2 Å². The van der Waals surface area contributed by atoms with Crippen LogP contribution in [0.2, 0.25) is 10.2 Å². The Balaban J connectivity index is 1.40. The second-order valence-electron chi connectivity index (χ2n) is 7.13. The number of halogens is 2. The van der Waals surface area contributed by atoms with Crippen LogP contribution in [0.5, 0.6) is 0 Å². The van der Waals surface area contributed by atoms with Gasteiger partial charge in [0.25, 0.3) is 0 Å². The van der Waals surface area contributed by atoms with Gasteiger partial charge in [-0.1, -0.05) is 59.6 Å². The highest BCUT2D eigenvalue weighted by Gasteiger charge is 2.18. The Morgan fingerprint density at radius 3 is 2.48 bits per heavy atom. The van der Waals surface area contributed by atoms with Crippen LogP contribution in [0.4, 0.5) is 10.5 Å². The molecule has 2 heterocycles. The number of pyridine rings is 1. The standard InChI is InChI=1S/C23H20Cl2N4O2/c24-20-13-19(29-23(31)26-11-12-28-29)9-7-16(20)4-1-15-2-5-17(6-3-15)22(30)18-8-10-21(25)27-14-18/h2-3,5-10,12-14,22,30H,1,4,11H2,(H,26,31). The largest absolute Gasteiger partial charge is 0.384 e. The van der Waals surface area contributed by atoms with E-state index in [0.717, 1.165) is 29.5 Å². The molecule has 0 aliphatic carbocycles. The average Bonchev–Trinajstić information content (AvgIpc) is 2.79. The fourth-order valence-electron chi connectivity index (χ4n) is 3.32. The third kappa shape index (κ3) is 5.05. The molecule has 1 aliphatic rings. The van der Waals surface area contributed by atoms with Gasteiger partial charge in [-0.05, 0) is 47.7 Å². The Labute approximate surface area is 190 Å². The summed E-state index contributed by atoms with van der Waals surface area (Å²) in [4.78, 5) is 15.9. The van der Waals surface area contributed by atoms with Crippen molar-refractivity contribution in [3.05, 3.63) is 93.2 Å². The van der Waals surface area contributed by atoms with E-state index in [1.807, 2.05) is 36.4 Å². The number of amides is 2. The number of aromatic nitrogens is 1. The first kappa shape index (κ1) is 21.3. The minimum atomic E-state index is -0.754. The summed E-state index contributed by atoms with van der Waals surface area (Å²) in [6, 6.07) is 16.5. The highest BCUT2D eigenvalue weighted by Crippen LogP contribution is 2.27. The Kier molecular flexibility index (Phi) is 6.51. The molecule has 2 aromatic carbocycles. The van der Waals surface area contributed by atoms with Crippen molar-refractivity contribution in [1.82, 2.24) is 10.3 Å². The fourth-order valence-corrected chi connectivity index (χ4v) is 3.71. The minimum absolute atomic E-state index is 0.275. The molecule has 8 heteroatoms. The third-order valence-corrected chi connectivity index (χ3v) is 5.64. The fraction of sp³-hybridized carbons (Fsp3) is 0.174. The summed E-state index contributed by atoms with van der Waals surface area (Å²) >= 11 is 12.3. The maximum absolute atomic E-state index is 11.9. The first-order chi connectivity index (χ1) is 15.0. The highest BCUT2D eigenvalue weighted by atomic mass is 35.5. The molecule has 6 nitrogen and oxygen atoms in total. The molecule has 2 N–H and O–H groups in total. The SMILES string of the molecule is O=C1NCC=NN1c1ccc(CCc2ccc(C(O)c3ccc(Cl)nc3)cc2)c(Cl)c1. The first-order valence-electron chi connectivity index (χ1n) is 9.78. The topological polar surface area (TPSA) is 77.8 Å². The summed E-state index contributed by atoms with van der Waals surface area (Å²) in [5.74, 6) is 0. The normalized spacial score (nSPS) is 14.4. The molecule has 0 saturated heterocycles. The summed E-state index contributed by atoms with van der Waals surface area (Å²) in [6.45, 7) is 0.424. The number of hydrazone groups is 1. The van der Waals surface area contributed by atoms with Gasteiger partial charge < -0.3 is 10.4 Å². The number of hydrogen-bond donors (Lipinski definition) is 2. The maximum Gasteiger partial charge on any atom is 0.342 e. The van der Waals surface area contributed by atoms with Crippen molar-refractivity contribution < 1.29 is 9.90 Å². The number of rotatable bonds is 6. The van der Waals surface area contributed by atoms with Gasteiger partial charge in [-0.2, -0.15) is 10.1 Å². The van der Waals surface area contributed by atoms with Gasteiger partial charge >= 0.3 is 6.03 Å². The quantitative estimate of drug-likeness (QED) is 0.526. The zero-order chi connectivity index (χ0) is 21.8. The van der Waals surface area contributed by atoms with Gasteiger partial charge in [-0.25, -0.2) is 9.78 Å². The van der Waals surface area contributed by atoms with E-state index in [0.29, 0.717) is 28.0 Å². The van der Waals surface area contributed by atoms with Crippen LogP contribution in [-0.4, -0.2) is 28.9 Å². The van der Waals surface area contributed by atoms with Gasteiger partial charge in [-0.15, -0.1) is 0 Å². The van der Waals surface area contributed by atoms with E-state index in [2.05, 4.69) is 15.4 Å². The highest BCUT2D eigenvalue weighted by molar-refractivity contribution is 6.31. The summed E-state index contributed by atoms with van der Waals surface area (Å²) in [5, 5.41) is 19.6. The number of urea groups is 1. The van der Waals surface area contributed by atoms with E-state index in [1.165, 1.54) is 5.01 Å². The van der Waals surface area contributed by atoms with Crippen LogP contribution in [0.3, 0.4) is 0 Å². The van der Waals surface area contributed by atoms with Crippen molar-refractivity contribution in [1.29, 1.82) is 0 Å². The molecule has 0 spiro atoms.